The van der Waals surface area contributed by atoms with Crippen molar-refractivity contribution < 1.29 is 9.53 Å². The lowest BCUT2D eigenvalue weighted by Gasteiger charge is -2.44. The highest BCUT2D eigenvalue weighted by atomic mass is 32.2. The Bertz CT molecular complexity index is 774. The minimum absolute atomic E-state index is 0.266. The molecule has 2 fully saturated rings. The molecule has 140 valence electrons. The number of hydrogen-bond donors (Lipinski definition) is 1. The number of ether oxygens (including phenoxy) is 1. The number of rotatable bonds is 5. The van der Waals surface area contributed by atoms with Crippen LogP contribution in [0.2, 0.25) is 0 Å². The average molecular weight is 374 g/mol. The second kappa shape index (κ2) is 7.91. The van der Waals surface area contributed by atoms with Crippen LogP contribution in [-0.2, 0) is 4.79 Å². The van der Waals surface area contributed by atoms with Crippen LogP contribution in [0.25, 0.3) is 11.0 Å². The Morgan fingerprint density at radius 2 is 2.15 bits per heavy atom. The molecule has 1 saturated carbocycles. The van der Waals surface area contributed by atoms with Crippen LogP contribution in [0.3, 0.4) is 0 Å². The van der Waals surface area contributed by atoms with E-state index in [0.717, 1.165) is 40.8 Å². The predicted octanol–water partition coefficient (Wildman–Crippen LogP) is 4.23. The van der Waals surface area contributed by atoms with Gasteiger partial charge in [-0.25, -0.2) is 4.98 Å². The summed E-state index contributed by atoms with van der Waals surface area (Å²) in [6, 6.07) is 6.34. The monoisotopic (exact) mass is 373 g/mol. The van der Waals surface area contributed by atoms with Crippen molar-refractivity contribution in [1.29, 1.82) is 0 Å². The van der Waals surface area contributed by atoms with Gasteiger partial charge in [-0.3, -0.25) is 4.79 Å². The molecule has 0 bridgehead atoms. The zero-order chi connectivity index (χ0) is 17.9. The van der Waals surface area contributed by atoms with E-state index in [9.17, 15) is 4.79 Å². The van der Waals surface area contributed by atoms with Gasteiger partial charge in [0.2, 0.25) is 5.91 Å². The number of piperidine rings is 1. The number of benzene rings is 1. The molecule has 1 amide bonds. The number of amides is 1. The molecule has 0 spiro atoms. The van der Waals surface area contributed by atoms with E-state index in [1.807, 2.05) is 25.1 Å². The number of H-pyrrole nitrogens is 1. The summed E-state index contributed by atoms with van der Waals surface area (Å²) < 4.78 is 5.54. The van der Waals surface area contributed by atoms with Gasteiger partial charge in [0.15, 0.2) is 5.16 Å². The van der Waals surface area contributed by atoms with Gasteiger partial charge in [-0.1, -0.05) is 24.6 Å². The summed E-state index contributed by atoms with van der Waals surface area (Å²) in [6.45, 7) is 3.55. The van der Waals surface area contributed by atoms with E-state index in [2.05, 4.69) is 14.9 Å². The quantitative estimate of drug-likeness (QED) is 0.797. The Hall–Kier alpha value is -1.69. The molecule has 1 aliphatic carbocycles. The maximum atomic E-state index is 12.8. The Labute approximate surface area is 158 Å². The lowest BCUT2D eigenvalue weighted by molar-refractivity contribution is -0.134. The molecule has 2 heterocycles. The molecule has 5 nitrogen and oxygen atoms in total. The van der Waals surface area contributed by atoms with Crippen LogP contribution in [0, 0.1) is 5.92 Å². The summed E-state index contributed by atoms with van der Waals surface area (Å²) in [4.78, 5) is 22.9. The number of nitrogens with one attached hydrogen (secondary N) is 1. The van der Waals surface area contributed by atoms with Gasteiger partial charge in [-0.15, -0.1) is 0 Å². The number of aromatic amines is 1. The highest BCUT2D eigenvalue weighted by Crippen LogP contribution is 2.35. The fourth-order valence-electron chi connectivity index (χ4n) is 4.44. The maximum absolute atomic E-state index is 12.8. The van der Waals surface area contributed by atoms with Crippen LogP contribution < -0.4 is 4.74 Å². The molecule has 0 unspecified atom stereocenters. The molecule has 2 aliphatic rings. The van der Waals surface area contributed by atoms with Crippen LogP contribution in [0.5, 0.6) is 5.75 Å². The van der Waals surface area contributed by atoms with Crippen molar-refractivity contribution >= 4 is 28.7 Å². The Morgan fingerprint density at radius 1 is 1.31 bits per heavy atom. The molecule has 1 saturated heterocycles. The second-order valence-corrected chi connectivity index (χ2v) is 8.25. The Morgan fingerprint density at radius 3 is 3.04 bits per heavy atom. The molecule has 1 aromatic heterocycles. The molecule has 2 aromatic rings. The summed E-state index contributed by atoms with van der Waals surface area (Å²) in [5, 5.41) is 0.805. The predicted molar refractivity (Wildman–Crippen MR) is 105 cm³/mol. The highest BCUT2D eigenvalue weighted by molar-refractivity contribution is 7.99. The van der Waals surface area contributed by atoms with Gasteiger partial charge in [0.05, 0.1) is 23.4 Å². The van der Waals surface area contributed by atoms with Gasteiger partial charge < -0.3 is 14.6 Å². The summed E-state index contributed by atoms with van der Waals surface area (Å²) in [7, 11) is 0. The van der Waals surface area contributed by atoms with Crippen LogP contribution in [-0.4, -0.2) is 45.7 Å². The van der Waals surface area contributed by atoms with Gasteiger partial charge in [-0.2, -0.15) is 0 Å². The lowest BCUT2D eigenvalue weighted by atomic mass is 9.78. The molecule has 26 heavy (non-hydrogen) atoms. The summed E-state index contributed by atoms with van der Waals surface area (Å²) in [5.41, 5.74) is 1.87. The number of aromatic nitrogens is 2. The van der Waals surface area contributed by atoms with Crippen molar-refractivity contribution in [3.05, 3.63) is 18.2 Å². The van der Waals surface area contributed by atoms with E-state index in [-0.39, 0.29) is 5.91 Å². The van der Waals surface area contributed by atoms with Crippen LogP contribution in [0.15, 0.2) is 23.4 Å². The maximum Gasteiger partial charge on any atom is 0.233 e. The molecular formula is C20H27N3O2S. The van der Waals surface area contributed by atoms with Gasteiger partial charge in [0.25, 0.3) is 0 Å². The zero-order valence-electron chi connectivity index (χ0n) is 15.4. The number of thioether (sulfide) groups is 1. The molecule has 1 aromatic carbocycles. The minimum Gasteiger partial charge on any atom is -0.494 e. The molecule has 1 N–H and O–H groups in total. The molecule has 0 radical (unpaired) electrons. The molecule has 1 aliphatic heterocycles. The van der Waals surface area contributed by atoms with Crippen molar-refractivity contribution in [2.75, 3.05) is 18.9 Å². The van der Waals surface area contributed by atoms with Crippen molar-refractivity contribution in [2.24, 2.45) is 5.92 Å². The molecular weight excluding hydrogens is 346 g/mol. The van der Waals surface area contributed by atoms with Crippen molar-refractivity contribution in [1.82, 2.24) is 14.9 Å². The zero-order valence-corrected chi connectivity index (χ0v) is 16.2. The molecule has 2 atom stereocenters. The van der Waals surface area contributed by atoms with Crippen LogP contribution in [0.4, 0.5) is 0 Å². The van der Waals surface area contributed by atoms with Gasteiger partial charge >= 0.3 is 0 Å². The lowest BCUT2D eigenvalue weighted by Crippen LogP contribution is -2.50. The van der Waals surface area contributed by atoms with E-state index in [4.69, 9.17) is 4.74 Å². The number of nitrogens with zero attached hydrogens (tertiary/aromatic N) is 2. The SMILES string of the molecule is CCOc1ccc2nc(SCC(=O)N3CCC[C@H]4CCCC[C@H]43)[nH]c2c1. The normalized spacial score (nSPS) is 23.0. The smallest absolute Gasteiger partial charge is 0.233 e. The Balaban J connectivity index is 1.40. The van der Waals surface area contributed by atoms with Crippen LogP contribution >= 0.6 is 11.8 Å². The minimum atomic E-state index is 0.266. The van der Waals surface area contributed by atoms with E-state index < -0.39 is 0 Å². The van der Waals surface area contributed by atoms with E-state index in [1.54, 1.807) is 0 Å². The first kappa shape index (κ1) is 17.7. The third-order valence-electron chi connectivity index (χ3n) is 5.64. The summed E-state index contributed by atoms with van der Waals surface area (Å²) in [5.74, 6) is 2.30. The fourth-order valence-corrected chi connectivity index (χ4v) is 5.21. The highest BCUT2D eigenvalue weighted by Gasteiger charge is 2.35. The third-order valence-corrected chi connectivity index (χ3v) is 6.50. The summed E-state index contributed by atoms with van der Waals surface area (Å²) in [6.07, 6.45) is 7.54. The summed E-state index contributed by atoms with van der Waals surface area (Å²) >= 11 is 1.51. The average Bonchev–Trinajstić information content (AvgIpc) is 3.08. The first-order chi connectivity index (χ1) is 12.7. The van der Waals surface area contributed by atoms with Crippen molar-refractivity contribution in [3.63, 3.8) is 0 Å². The fraction of sp³-hybridized carbons (Fsp3) is 0.600. The number of carbonyl (C=O) groups is 1. The van der Waals surface area contributed by atoms with Gasteiger partial charge in [-0.05, 0) is 50.7 Å². The number of fused-ring (bicyclic) bond motifs is 2. The van der Waals surface area contributed by atoms with E-state index in [1.165, 1.54) is 43.9 Å². The van der Waals surface area contributed by atoms with Crippen molar-refractivity contribution in [2.45, 2.75) is 56.6 Å². The number of carbonyl (C=O) groups excluding carboxylic acids is 1. The molecule has 4 rings (SSSR count). The Kier molecular flexibility index (Phi) is 5.38. The first-order valence-electron chi connectivity index (χ1n) is 9.79. The third kappa shape index (κ3) is 3.70. The largest absolute Gasteiger partial charge is 0.494 e. The van der Waals surface area contributed by atoms with Gasteiger partial charge in [0, 0.05) is 18.7 Å². The standard InChI is InChI=1S/C20H27N3O2S/c1-2-25-15-9-10-16-17(12-15)22-20(21-16)26-13-19(24)23-11-5-7-14-6-3-4-8-18(14)23/h9-10,12,14,18H,2-8,11,13H2,1H3,(H,21,22)/t14-,18-/m1/s1. The topological polar surface area (TPSA) is 58.2 Å². The van der Waals surface area contributed by atoms with Crippen LogP contribution in [0.1, 0.15) is 45.4 Å². The first-order valence-corrected chi connectivity index (χ1v) is 10.8. The number of imidazole rings is 1. The molecule has 6 heteroatoms. The van der Waals surface area contributed by atoms with Crippen molar-refractivity contribution in [3.8, 4) is 5.75 Å². The second-order valence-electron chi connectivity index (χ2n) is 7.28. The number of likely N-dealkylation sites (tertiary alicyclic amines) is 1. The number of hydrogen-bond acceptors (Lipinski definition) is 4. The van der Waals surface area contributed by atoms with E-state index >= 15 is 0 Å². The van der Waals surface area contributed by atoms with Gasteiger partial charge in [0.1, 0.15) is 5.75 Å². The van der Waals surface area contributed by atoms with E-state index in [0.29, 0.717) is 18.4 Å².